The summed E-state index contributed by atoms with van der Waals surface area (Å²) in [5, 5.41) is 16.5. The number of amides is 1. The molecule has 22 heavy (non-hydrogen) atoms. The standard InChI is InChI=1S/C16H17N3O3/c1-3-13-9-16(21,12-5-4-8-17-10-12)19(18-13)15(20)14-7-6-11(2)22-14/h4-8,10,21H,3,9H2,1-2H3/t16-/m1/s1. The maximum Gasteiger partial charge on any atom is 0.312 e. The first-order valence-electron chi connectivity index (χ1n) is 7.15. The number of pyridine rings is 1. The molecule has 2 aromatic rings. The van der Waals surface area contributed by atoms with Gasteiger partial charge in [0.25, 0.3) is 0 Å². The summed E-state index contributed by atoms with van der Waals surface area (Å²) in [5.74, 6) is 0.316. The molecule has 1 atom stereocenters. The van der Waals surface area contributed by atoms with Crippen LogP contribution in [0.5, 0.6) is 0 Å². The van der Waals surface area contributed by atoms with E-state index in [9.17, 15) is 9.90 Å². The molecule has 3 rings (SSSR count). The van der Waals surface area contributed by atoms with Gasteiger partial charge < -0.3 is 9.52 Å². The van der Waals surface area contributed by atoms with Crippen LogP contribution < -0.4 is 0 Å². The third-order valence-corrected chi connectivity index (χ3v) is 3.72. The molecule has 0 aromatic carbocycles. The number of carbonyl (C=O) groups excluding carboxylic acids is 1. The molecule has 1 aliphatic heterocycles. The molecule has 0 fully saturated rings. The summed E-state index contributed by atoms with van der Waals surface area (Å²) in [6.45, 7) is 3.70. The molecule has 1 aliphatic rings. The Morgan fingerprint density at radius 2 is 2.27 bits per heavy atom. The normalized spacial score (nSPS) is 21.0. The largest absolute Gasteiger partial charge is 0.456 e. The number of nitrogens with zero attached hydrogens (tertiary/aromatic N) is 3. The Morgan fingerprint density at radius 3 is 2.86 bits per heavy atom. The van der Waals surface area contributed by atoms with Crippen LogP contribution in [0.25, 0.3) is 0 Å². The lowest BCUT2D eigenvalue weighted by Gasteiger charge is -2.30. The summed E-state index contributed by atoms with van der Waals surface area (Å²) in [5.41, 5.74) is -0.251. The van der Waals surface area contributed by atoms with Crippen LogP contribution in [-0.4, -0.2) is 26.7 Å². The van der Waals surface area contributed by atoms with E-state index in [0.29, 0.717) is 17.7 Å². The van der Waals surface area contributed by atoms with Crippen LogP contribution in [-0.2, 0) is 5.72 Å². The molecule has 0 bridgehead atoms. The maximum atomic E-state index is 12.7. The molecule has 114 valence electrons. The Hall–Kier alpha value is -2.47. The molecule has 1 N–H and O–H groups in total. The van der Waals surface area contributed by atoms with Crippen LogP contribution >= 0.6 is 0 Å². The molecule has 2 aromatic heterocycles. The quantitative estimate of drug-likeness (QED) is 0.944. The minimum absolute atomic E-state index is 0.154. The Morgan fingerprint density at radius 1 is 1.45 bits per heavy atom. The van der Waals surface area contributed by atoms with Crippen LogP contribution in [0.15, 0.2) is 46.2 Å². The van der Waals surface area contributed by atoms with E-state index in [-0.39, 0.29) is 12.2 Å². The Balaban J connectivity index is 2.02. The van der Waals surface area contributed by atoms with Gasteiger partial charge in [-0.1, -0.05) is 13.0 Å². The molecule has 0 radical (unpaired) electrons. The number of aryl methyl sites for hydroxylation is 1. The molecule has 0 saturated heterocycles. The SMILES string of the molecule is CCC1=NN(C(=O)c2ccc(C)o2)[C@](O)(c2cccnc2)C1. The molecule has 6 nitrogen and oxygen atoms in total. The maximum absolute atomic E-state index is 12.7. The lowest BCUT2D eigenvalue weighted by molar-refractivity contribution is -0.0779. The lowest BCUT2D eigenvalue weighted by Crippen LogP contribution is -2.43. The van der Waals surface area contributed by atoms with Gasteiger partial charge in [0.2, 0.25) is 0 Å². The molecule has 3 heterocycles. The van der Waals surface area contributed by atoms with E-state index in [1.165, 1.54) is 0 Å². The average molecular weight is 299 g/mol. The van der Waals surface area contributed by atoms with Gasteiger partial charge >= 0.3 is 5.91 Å². The van der Waals surface area contributed by atoms with Crippen molar-refractivity contribution in [1.29, 1.82) is 0 Å². The van der Waals surface area contributed by atoms with Crippen molar-refractivity contribution < 1.29 is 14.3 Å². The zero-order valence-electron chi connectivity index (χ0n) is 12.5. The molecule has 0 unspecified atom stereocenters. The Bertz CT molecular complexity index is 723. The predicted octanol–water partition coefficient (Wildman–Crippen LogP) is 2.44. The number of furan rings is 1. The van der Waals surface area contributed by atoms with Crippen molar-refractivity contribution in [3.8, 4) is 0 Å². The first-order valence-corrected chi connectivity index (χ1v) is 7.15. The fourth-order valence-electron chi connectivity index (χ4n) is 2.51. The van der Waals surface area contributed by atoms with Crippen molar-refractivity contribution >= 4 is 11.6 Å². The van der Waals surface area contributed by atoms with Gasteiger partial charge in [0.1, 0.15) is 5.76 Å². The van der Waals surface area contributed by atoms with E-state index in [4.69, 9.17) is 4.42 Å². The van der Waals surface area contributed by atoms with Gasteiger partial charge in [0.15, 0.2) is 11.5 Å². The van der Waals surface area contributed by atoms with Gasteiger partial charge in [-0.15, -0.1) is 0 Å². The van der Waals surface area contributed by atoms with Crippen LogP contribution in [0.2, 0.25) is 0 Å². The van der Waals surface area contributed by atoms with Gasteiger partial charge in [0, 0.05) is 30.1 Å². The van der Waals surface area contributed by atoms with Crippen LogP contribution in [0.4, 0.5) is 0 Å². The van der Waals surface area contributed by atoms with Crippen molar-refractivity contribution in [1.82, 2.24) is 9.99 Å². The summed E-state index contributed by atoms with van der Waals surface area (Å²) in [4.78, 5) is 16.7. The smallest absolute Gasteiger partial charge is 0.312 e. The van der Waals surface area contributed by atoms with Crippen LogP contribution in [0, 0.1) is 6.92 Å². The summed E-state index contributed by atoms with van der Waals surface area (Å²) >= 11 is 0. The highest BCUT2D eigenvalue weighted by atomic mass is 16.4. The van der Waals surface area contributed by atoms with Gasteiger partial charge in [-0.05, 0) is 31.5 Å². The second kappa shape index (κ2) is 5.38. The van der Waals surface area contributed by atoms with Crippen molar-refractivity contribution in [2.45, 2.75) is 32.4 Å². The number of rotatable bonds is 3. The molecule has 1 amide bonds. The first-order chi connectivity index (χ1) is 10.5. The van der Waals surface area contributed by atoms with Gasteiger partial charge in [-0.25, -0.2) is 0 Å². The van der Waals surface area contributed by atoms with Crippen LogP contribution in [0.1, 0.15) is 41.6 Å². The minimum Gasteiger partial charge on any atom is -0.456 e. The lowest BCUT2D eigenvalue weighted by atomic mass is 9.98. The molecule has 0 saturated carbocycles. The molecule has 6 heteroatoms. The zero-order chi connectivity index (χ0) is 15.7. The highest BCUT2D eigenvalue weighted by Crippen LogP contribution is 2.36. The topological polar surface area (TPSA) is 78.9 Å². The highest BCUT2D eigenvalue weighted by molar-refractivity contribution is 5.96. The number of carbonyl (C=O) groups is 1. The first kappa shape index (κ1) is 14.5. The monoisotopic (exact) mass is 299 g/mol. The minimum atomic E-state index is -1.53. The predicted molar refractivity (Wildman–Crippen MR) is 80.1 cm³/mol. The number of hydrazone groups is 1. The number of hydrogen-bond donors (Lipinski definition) is 1. The average Bonchev–Trinajstić information content (AvgIpc) is 3.12. The molecular weight excluding hydrogens is 282 g/mol. The fourth-order valence-corrected chi connectivity index (χ4v) is 2.51. The van der Waals surface area contributed by atoms with E-state index < -0.39 is 11.6 Å². The number of hydrogen-bond acceptors (Lipinski definition) is 5. The van der Waals surface area contributed by atoms with E-state index in [0.717, 1.165) is 10.7 Å². The summed E-state index contributed by atoms with van der Waals surface area (Å²) in [7, 11) is 0. The number of aromatic nitrogens is 1. The van der Waals surface area contributed by atoms with E-state index >= 15 is 0 Å². The molecule has 0 aliphatic carbocycles. The molecule has 0 spiro atoms. The third kappa shape index (κ3) is 2.31. The number of aliphatic hydroxyl groups is 1. The summed E-state index contributed by atoms with van der Waals surface area (Å²) in [6, 6.07) is 6.74. The Kier molecular flexibility index (Phi) is 3.54. The van der Waals surface area contributed by atoms with Crippen molar-refractivity contribution in [2.24, 2.45) is 5.10 Å². The Labute approximate surface area is 128 Å². The van der Waals surface area contributed by atoms with Crippen molar-refractivity contribution in [3.05, 3.63) is 53.7 Å². The second-order valence-electron chi connectivity index (χ2n) is 5.28. The summed E-state index contributed by atoms with van der Waals surface area (Å²) in [6.07, 6.45) is 4.08. The zero-order valence-corrected chi connectivity index (χ0v) is 12.5. The summed E-state index contributed by atoms with van der Waals surface area (Å²) < 4.78 is 5.37. The van der Waals surface area contributed by atoms with E-state index in [1.54, 1.807) is 43.6 Å². The van der Waals surface area contributed by atoms with Gasteiger partial charge in [0.05, 0.1) is 0 Å². The third-order valence-electron chi connectivity index (χ3n) is 3.72. The van der Waals surface area contributed by atoms with E-state index in [2.05, 4.69) is 10.1 Å². The fraction of sp³-hybridized carbons (Fsp3) is 0.312. The van der Waals surface area contributed by atoms with Crippen molar-refractivity contribution in [3.63, 3.8) is 0 Å². The van der Waals surface area contributed by atoms with Gasteiger partial charge in [-0.2, -0.15) is 10.1 Å². The molecular formula is C16H17N3O3. The van der Waals surface area contributed by atoms with Crippen LogP contribution in [0.3, 0.4) is 0 Å². The van der Waals surface area contributed by atoms with Crippen molar-refractivity contribution in [2.75, 3.05) is 0 Å². The van der Waals surface area contributed by atoms with E-state index in [1.807, 2.05) is 6.92 Å². The second-order valence-corrected chi connectivity index (χ2v) is 5.28. The van der Waals surface area contributed by atoms with Gasteiger partial charge in [-0.3, -0.25) is 9.78 Å². The highest BCUT2D eigenvalue weighted by Gasteiger charge is 2.46.